The van der Waals surface area contributed by atoms with Crippen LogP contribution >= 0.6 is 0 Å². The molecule has 0 bridgehead atoms. The molecule has 1 unspecified atom stereocenters. The molecule has 4 heteroatoms. The van der Waals surface area contributed by atoms with Crippen molar-refractivity contribution in [2.75, 3.05) is 0 Å². The van der Waals surface area contributed by atoms with Gasteiger partial charge in [-0.25, -0.2) is 5.43 Å². The molecule has 1 heterocycles. The molecule has 4 nitrogen and oxygen atoms in total. The molecule has 0 saturated heterocycles. The van der Waals surface area contributed by atoms with Crippen LogP contribution in [-0.4, -0.2) is 11.7 Å². The largest absolute Gasteiger partial charge is 0.385 e. The van der Waals surface area contributed by atoms with Crippen LogP contribution in [0.4, 0.5) is 0 Å². The zero-order chi connectivity index (χ0) is 8.27. The fourth-order valence-corrected chi connectivity index (χ4v) is 1.10. The van der Waals surface area contributed by atoms with Gasteiger partial charge in [-0.15, -0.1) is 0 Å². The second-order valence-corrected chi connectivity index (χ2v) is 2.71. The Balaban J connectivity index is 2.43. The van der Waals surface area contributed by atoms with Crippen LogP contribution in [0.1, 0.15) is 26.2 Å². The van der Waals surface area contributed by atoms with E-state index in [0.29, 0.717) is 5.84 Å². The highest BCUT2D eigenvalue weighted by Gasteiger charge is 2.26. The van der Waals surface area contributed by atoms with Gasteiger partial charge in [0.05, 0.1) is 5.92 Å². The molecule has 0 radical (unpaired) electrons. The number of hydrazone groups is 1. The zero-order valence-electron chi connectivity index (χ0n) is 6.63. The van der Waals surface area contributed by atoms with Gasteiger partial charge in [-0.2, -0.15) is 5.10 Å². The van der Waals surface area contributed by atoms with Crippen molar-refractivity contribution in [1.82, 2.24) is 5.43 Å². The standard InChI is InChI=1S/C7H13N3O/c1-2-3-4-5-6(8)9-10-7(5)11/h5H,2-4H2,1H3,(H2,8,9)(H,10,11). The summed E-state index contributed by atoms with van der Waals surface area (Å²) >= 11 is 0. The Morgan fingerprint density at radius 2 is 2.45 bits per heavy atom. The summed E-state index contributed by atoms with van der Waals surface area (Å²) in [5.41, 5.74) is 7.83. The van der Waals surface area contributed by atoms with Crippen molar-refractivity contribution in [3.8, 4) is 0 Å². The first-order valence-electron chi connectivity index (χ1n) is 3.88. The third-order valence-corrected chi connectivity index (χ3v) is 1.82. The first-order chi connectivity index (χ1) is 5.25. The molecule has 0 aromatic rings. The molecule has 1 aliphatic heterocycles. The minimum absolute atomic E-state index is 0.0593. The molecule has 0 aliphatic carbocycles. The molecule has 0 spiro atoms. The minimum atomic E-state index is -0.171. The van der Waals surface area contributed by atoms with Gasteiger partial charge in [0.25, 0.3) is 5.91 Å². The summed E-state index contributed by atoms with van der Waals surface area (Å²) in [5.74, 6) is 0.203. The van der Waals surface area contributed by atoms with Gasteiger partial charge in [-0.1, -0.05) is 19.8 Å². The molecule has 3 N–H and O–H groups in total. The van der Waals surface area contributed by atoms with Gasteiger partial charge in [0.1, 0.15) is 5.84 Å². The van der Waals surface area contributed by atoms with Crippen LogP contribution in [0, 0.1) is 5.92 Å². The lowest BCUT2D eigenvalue weighted by Gasteiger charge is -2.04. The van der Waals surface area contributed by atoms with Gasteiger partial charge in [0.15, 0.2) is 0 Å². The molecule has 0 aromatic heterocycles. The van der Waals surface area contributed by atoms with Gasteiger partial charge in [-0.3, -0.25) is 4.79 Å². The molecule has 1 aliphatic rings. The summed E-state index contributed by atoms with van der Waals surface area (Å²) in [6, 6.07) is 0. The number of carbonyl (C=O) groups excluding carboxylic acids is 1. The van der Waals surface area contributed by atoms with Crippen LogP contribution in [0.3, 0.4) is 0 Å². The number of hydrogen-bond acceptors (Lipinski definition) is 3. The van der Waals surface area contributed by atoms with Gasteiger partial charge < -0.3 is 5.73 Å². The van der Waals surface area contributed by atoms with E-state index in [4.69, 9.17) is 5.73 Å². The monoisotopic (exact) mass is 155 g/mol. The Kier molecular flexibility index (Phi) is 2.46. The van der Waals surface area contributed by atoms with Crippen LogP contribution in [0.15, 0.2) is 5.10 Å². The first kappa shape index (κ1) is 8.04. The van der Waals surface area contributed by atoms with Gasteiger partial charge in [-0.05, 0) is 6.42 Å². The van der Waals surface area contributed by atoms with Gasteiger partial charge >= 0.3 is 0 Å². The fraction of sp³-hybridized carbons (Fsp3) is 0.714. The Morgan fingerprint density at radius 1 is 1.73 bits per heavy atom. The SMILES string of the molecule is CCCCC1C(=O)NN=C1N. The zero-order valence-corrected chi connectivity index (χ0v) is 6.63. The predicted octanol–water partition coefficient (Wildman–Crippen LogP) is 0.195. The van der Waals surface area contributed by atoms with E-state index < -0.39 is 0 Å². The van der Waals surface area contributed by atoms with Crippen LogP contribution in [-0.2, 0) is 4.79 Å². The van der Waals surface area contributed by atoms with Crippen molar-refractivity contribution in [3.05, 3.63) is 0 Å². The van der Waals surface area contributed by atoms with Crippen LogP contribution in [0.25, 0.3) is 0 Å². The lowest BCUT2D eigenvalue weighted by atomic mass is 10.0. The van der Waals surface area contributed by atoms with Crippen LogP contribution in [0.2, 0.25) is 0 Å². The quantitative estimate of drug-likeness (QED) is 0.611. The number of nitrogens with zero attached hydrogens (tertiary/aromatic N) is 1. The smallest absolute Gasteiger partial charge is 0.250 e. The summed E-state index contributed by atoms with van der Waals surface area (Å²) in [7, 11) is 0. The summed E-state index contributed by atoms with van der Waals surface area (Å²) in [6.07, 6.45) is 2.92. The Bertz CT molecular complexity index is 188. The van der Waals surface area contributed by atoms with E-state index in [9.17, 15) is 4.79 Å². The molecule has 0 fully saturated rings. The Labute approximate surface area is 65.8 Å². The third-order valence-electron chi connectivity index (χ3n) is 1.82. The number of amidine groups is 1. The molecule has 1 atom stereocenters. The highest BCUT2D eigenvalue weighted by atomic mass is 16.2. The molecular formula is C7H13N3O. The number of amides is 1. The fourth-order valence-electron chi connectivity index (χ4n) is 1.10. The highest BCUT2D eigenvalue weighted by molar-refractivity contribution is 6.06. The molecule has 0 saturated carbocycles. The lowest BCUT2D eigenvalue weighted by molar-refractivity contribution is -0.122. The van der Waals surface area contributed by atoms with E-state index in [0.717, 1.165) is 19.3 Å². The number of hydrogen-bond donors (Lipinski definition) is 2. The predicted molar refractivity (Wildman–Crippen MR) is 42.8 cm³/mol. The topological polar surface area (TPSA) is 67.5 Å². The normalized spacial score (nSPS) is 23.2. The molecule has 0 aromatic carbocycles. The van der Waals surface area contributed by atoms with Crippen molar-refractivity contribution in [1.29, 1.82) is 0 Å². The highest BCUT2D eigenvalue weighted by Crippen LogP contribution is 2.12. The number of unbranched alkanes of at least 4 members (excludes halogenated alkanes) is 1. The van der Waals surface area contributed by atoms with E-state index >= 15 is 0 Å². The number of nitrogens with two attached hydrogens (primary N) is 1. The number of carbonyl (C=O) groups is 1. The van der Waals surface area contributed by atoms with Crippen molar-refractivity contribution in [2.24, 2.45) is 16.8 Å². The van der Waals surface area contributed by atoms with E-state index in [1.54, 1.807) is 0 Å². The number of nitrogens with one attached hydrogen (secondary N) is 1. The molecule has 1 amide bonds. The van der Waals surface area contributed by atoms with E-state index in [2.05, 4.69) is 17.5 Å². The van der Waals surface area contributed by atoms with Crippen molar-refractivity contribution >= 4 is 11.7 Å². The second kappa shape index (κ2) is 3.37. The molecule has 1 rings (SSSR count). The van der Waals surface area contributed by atoms with E-state index in [1.807, 2.05) is 0 Å². The maximum Gasteiger partial charge on any atom is 0.250 e. The third kappa shape index (κ3) is 1.69. The minimum Gasteiger partial charge on any atom is -0.385 e. The molecule has 62 valence electrons. The number of rotatable bonds is 3. The van der Waals surface area contributed by atoms with Crippen molar-refractivity contribution in [3.63, 3.8) is 0 Å². The average Bonchev–Trinajstić information content (AvgIpc) is 2.29. The lowest BCUT2D eigenvalue weighted by Crippen LogP contribution is -2.27. The summed E-state index contributed by atoms with van der Waals surface area (Å²) in [6.45, 7) is 2.08. The maximum absolute atomic E-state index is 11.0. The van der Waals surface area contributed by atoms with E-state index in [-0.39, 0.29) is 11.8 Å². The average molecular weight is 155 g/mol. The van der Waals surface area contributed by atoms with Crippen molar-refractivity contribution < 1.29 is 4.79 Å². The summed E-state index contributed by atoms with van der Waals surface area (Å²) in [5, 5.41) is 3.65. The molecular weight excluding hydrogens is 142 g/mol. The Morgan fingerprint density at radius 3 is 2.91 bits per heavy atom. The van der Waals surface area contributed by atoms with Crippen LogP contribution in [0.5, 0.6) is 0 Å². The van der Waals surface area contributed by atoms with Gasteiger partial charge in [0.2, 0.25) is 0 Å². The summed E-state index contributed by atoms with van der Waals surface area (Å²) < 4.78 is 0. The van der Waals surface area contributed by atoms with Crippen molar-refractivity contribution in [2.45, 2.75) is 26.2 Å². The molecule has 11 heavy (non-hydrogen) atoms. The first-order valence-corrected chi connectivity index (χ1v) is 3.88. The Hall–Kier alpha value is -1.06. The van der Waals surface area contributed by atoms with Crippen LogP contribution < -0.4 is 11.2 Å². The van der Waals surface area contributed by atoms with Gasteiger partial charge in [0, 0.05) is 0 Å². The maximum atomic E-state index is 11.0. The summed E-state index contributed by atoms with van der Waals surface area (Å²) in [4.78, 5) is 11.0. The van der Waals surface area contributed by atoms with E-state index in [1.165, 1.54) is 0 Å². The second-order valence-electron chi connectivity index (χ2n) is 2.71.